The van der Waals surface area contributed by atoms with E-state index < -0.39 is 0 Å². The molecular weight excluding hydrogens is 252 g/mol. The molecule has 0 bridgehead atoms. The number of aromatic hydroxyl groups is 1. The number of carbonyl (C=O) groups is 1. The van der Waals surface area contributed by atoms with E-state index in [0.29, 0.717) is 6.42 Å². The van der Waals surface area contributed by atoms with Crippen molar-refractivity contribution in [3.8, 4) is 5.75 Å². The summed E-state index contributed by atoms with van der Waals surface area (Å²) in [5.41, 5.74) is 0.678. The number of phenolic OH excluding ortho intramolecular Hbond substituents is 1. The number of rotatable bonds is 4. The van der Waals surface area contributed by atoms with Gasteiger partial charge < -0.3 is 15.3 Å². The second-order valence-electron chi connectivity index (χ2n) is 5.74. The highest BCUT2D eigenvalue weighted by atomic mass is 16.3. The van der Waals surface area contributed by atoms with E-state index in [4.69, 9.17) is 0 Å². The molecule has 1 aromatic carbocycles. The summed E-state index contributed by atoms with van der Waals surface area (Å²) in [4.78, 5) is 14.1. The van der Waals surface area contributed by atoms with Gasteiger partial charge in [0.2, 0.25) is 5.91 Å². The van der Waals surface area contributed by atoms with Crippen LogP contribution >= 0.6 is 0 Å². The van der Waals surface area contributed by atoms with E-state index in [1.807, 2.05) is 13.1 Å². The van der Waals surface area contributed by atoms with Gasteiger partial charge >= 0.3 is 0 Å². The van der Waals surface area contributed by atoms with Gasteiger partial charge in [-0.1, -0.05) is 25.3 Å². The Labute approximate surface area is 120 Å². The van der Waals surface area contributed by atoms with Crippen molar-refractivity contribution in [1.29, 1.82) is 0 Å². The Balaban J connectivity index is 2.06. The summed E-state index contributed by atoms with van der Waals surface area (Å²) >= 11 is 0. The first-order chi connectivity index (χ1) is 9.56. The van der Waals surface area contributed by atoms with Crippen LogP contribution in [0.5, 0.6) is 5.75 Å². The Morgan fingerprint density at radius 2 is 2.05 bits per heavy atom. The van der Waals surface area contributed by atoms with Crippen molar-refractivity contribution < 1.29 is 9.90 Å². The molecule has 1 aliphatic carbocycles. The second kappa shape index (κ2) is 6.27. The summed E-state index contributed by atoms with van der Waals surface area (Å²) < 4.78 is 0. The summed E-state index contributed by atoms with van der Waals surface area (Å²) in [6, 6.07) is 6.82. The third kappa shape index (κ3) is 3.31. The maximum Gasteiger partial charge on any atom is 0.228 e. The Morgan fingerprint density at radius 1 is 1.35 bits per heavy atom. The molecule has 4 nitrogen and oxygen atoms in total. The van der Waals surface area contributed by atoms with E-state index in [2.05, 4.69) is 5.32 Å². The van der Waals surface area contributed by atoms with Gasteiger partial charge in [0.15, 0.2) is 0 Å². The molecule has 0 spiro atoms. The van der Waals surface area contributed by atoms with Crippen LogP contribution in [0.4, 0.5) is 5.69 Å². The number of hydrogen-bond donors (Lipinski definition) is 2. The lowest BCUT2D eigenvalue weighted by Gasteiger charge is -2.37. The molecule has 0 atom stereocenters. The van der Waals surface area contributed by atoms with Gasteiger partial charge in [-0.25, -0.2) is 0 Å². The molecule has 2 N–H and O–H groups in total. The first kappa shape index (κ1) is 14.9. The number of amides is 1. The summed E-state index contributed by atoms with van der Waals surface area (Å²) in [5, 5.41) is 12.9. The minimum Gasteiger partial charge on any atom is -0.508 e. The molecule has 0 aliphatic heterocycles. The minimum atomic E-state index is -0.0551. The molecule has 1 fully saturated rings. The Morgan fingerprint density at radius 3 is 2.65 bits per heavy atom. The minimum absolute atomic E-state index is 0.0551. The number of carbonyl (C=O) groups excluding carboxylic acids is 1. The lowest BCUT2D eigenvalue weighted by atomic mass is 9.79. The number of phenols is 1. The smallest absolute Gasteiger partial charge is 0.228 e. The second-order valence-corrected chi connectivity index (χ2v) is 5.74. The number of benzene rings is 1. The summed E-state index contributed by atoms with van der Waals surface area (Å²) in [7, 11) is 3.72. The average molecular weight is 276 g/mol. The predicted molar refractivity (Wildman–Crippen MR) is 81.0 cm³/mol. The fourth-order valence-electron chi connectivity index (χ4n) is 3.00. The Kier molecular flexibility index (Phi) is 4.65. The van der Waals surface area contributed by atoms with Crippen molar-refractivity contribution in [2.45, 2.75) is 44.1 Å². The number of hydrogen-bond acceptors (Lipinski definition) is 3. The molecule has 0 radical (unpaired) electrons. The van der Waals surface area contributed by atoms with Crippen LogP contribution in [0.15, 0.2) is 24.3 Å². The summed E-state index contributed by atoms with van der Waals surface area (Å²) in [6.07, 6.45) is 6.26. The van der Waals surface area contributed by atoms with Gasteiger partial charge in [-0.2, -0.15) is 0 Å². The van der Waals surface area contributed by atoms with E-state index in [1.54, 1.807) is 30.1 Å². The summed E-state index contributed by atoms with van der Waals surface area (Å²) in [5.74, 6) is 0.273. The number of anilines is 1. The van der Waals surface area contributed by atoms with Gasteiger partial charge in [-0.05, 0) is 32.0 Å². The Bertz CT molecular complexity index is 467. The van der Waals surface area contributed by atoms with E-state index in [0.717, 1.165) is 18.5 Å². The zero-order valence-corrected chi connectivity index (χ0v) is 12.4. The van der Waals surface area contributed by atoms with Gasteiger partial charge in [0, 0.05) is 30.8 Å². The molecule has 2 rings (SSSR count). The zero-order chi connectivity index (χ0) is 14.6. The van der Waals surface area contributed by atoms with Crippen LogP contribution in [0.2, 0.25) is 0 Å². The van der Waals surface area contributed by atoms with E-state index in [-0.39, 0.29) is 17.2 Å². The fraction of sp³-hybridized carbons (Fsp3) is 0.562. The van der Waals surface area contributed by atoms with Crippen LogP contribution in [0, 0.1) is 0 Å². The lowest BCUT2D eigenvalue weighted by molar-refractivity contribution is -0.120. The lowest BCUT2D eigenvalue weighted by Crippen LogP contribution is -2.48. The predicted octanol–water partition coefficient (Wildman–Crippen LogP) is 2.67. The molecule has 0 heterocycles. The first-order valence-corrected chi connectivity index (χ1v) is 7.31. The molecule has 20 heavy (non-hydrogen) atoms. The monoisotopic (exact) mass is 276 g/mol. The average Bonchev–Trinajstić information content (AvgIpc) is 2.47. The van der Waals surface area contributed by atoms with E-state index >= 15 is 0 Å². The SMILES string of the molecule is CNC1(CC(=O)N(C)c2cccc(O)c2)CCCCC1. The summed E-state index contributed by atoms with van der Waals surface area (Å²) in [6.45, 7) is 0. The molecule has 0 unspecified atom stereocenters. The van der Waals surface area contributed by atoms with Crippen molar-refractivity contribution in [2.24, 2.45) is 0 Å². The third-order valence-corrected chi connectivity index (χ3v) is 4.42. The molecule has 110 valence electrons. The molecule has 1 amide bonds. The van der Waals surface area contributed by atoms with Crippen LogP contribution in [0.25, 0.3) is 0 Å². The van der Waals surface area contributed by atoms with Gasteiger partial charge in [0.1, 0.15) is 5.75 Å². The largest absolute Gasteiger partial charge is 0.508 e. The first-order valence-electron chi connectivity index (χ1n) is 7.31. The number of nitrogens with zero attached hydrogens (tertiary/aromatic N) is 1. The van der Waals surface area contributed by atoms with Crippen LogP contribution < -0.4 is 10.2 Å². The van der Waals surface area contributed by atoms with Crippen molar-refractivity contribution in [3.63, 3.8) is 0 Å². The molecular formula is C16H24N2O2. The van der Waals surface area contributed by atoms with Gasteiger partial charge in [-0.15, -0.1) is 0 Å². The molecule has 0 aromatic heterocycles. The molecule has 1 saturated carbocycles. The maximum atomic E-state index is 12.5. The third-order valence-electron chi connectivity index (χ3n) is 4.42. The standard InChI is InChI=1S/C16H24N2O2/c1-17-16(9-4-3-5-10-16)12-15(20)18(2)13-7-6-8-14(19)11-13/h6-8,11,17,19H,3-5,9-10,12H2,1-2H3. The normalized spacial score (nSPS) is 17.7. The van der Waals surface area contributed by atoms with Crippen LogP contribution in [-0.2, 0) is 4.79 Å². The molecule has 4 heteroatoms. The van der Waals surface area contributed by atoms with Gasteiger partial charge in [0.25, 0.3) is 0 Å². The van der Waals surface area contributed by atoms with Crippen molar-refractivity contribution in [3.05, 3.63) is 24.3 Å². The van der Waals surface area contributed by atoms with Crippen molar-refractivity contribution >= 4 is 11.6 Å². The topological polar surface area (TPSA) is 52.6 Å². The van der Waals surface area contributed by atoms with E-state index in [1.165, 1.54) is 19.3 Å². The fourth-order valence-corrected chi connectivity index (χ4v) is 3.00. The van der Waals surface area contributed by atoms with Crippen LogP contribution in [0.3, 0.4) is 0 Å². The molecule has 0 saturated heterocycles. The van der Waals surface area contributed by atoms with Crippen molar-refractivity contribution in [2.75, 3.05) is 19.0 Å². The highest BCUT2D eigenvalue weighted by Crippen LogP contribution is 2.32. The highest BCUT2D eigenvalue weighted by Gasteiger charge is 2.33. The van der Waals surface area contributed by atoms with Gasteiger partial charge in [-0.3, -0.25) is 4.79 Å². The molecule has 1 aromatic rings. The van der Waals surface area contributed by atoms with Crippen LogP contribution in [0.1, 0.15) is 38.5 Å². The maximum absolute atomic E-state index is 12.5. The molecule has 1 aliphatic rings. The zero-order valence-electron chi connectivity index (χ0n) is 12.4. The van der Waals surface area contributed by atoms with Crippen LogP contribution in [-0.4, -0.2) is 30.6 Å². The number of nitrogens with one attached hydrogen (secondary N) is 1. The highest BCUT2D eigenvalue weighted by molar-refractivity contribution is 5.93. The van der Waals surface area contributed by atoms with Crippen molar-refractivity contribution in [1.82, 2.24) is 5.32 Å². The van der Waals surface area contributed by atoms with E-state index in [9.17, 15) is 9.90 Å². The quantitative estimate of drug-likeness (QED) is 0.889. The Hall–Kier alpha value is -1.55. The van der Waals surface area contributed by atoms with Gasteiger partial charge in [0.05, 0.1) is 0 Å².